The summed E-state index contributed by atoms with van der Waals surface area (Å²) in [5.74, 6) is -0.240. The molecular weight excluding hydrogens is 217 g/mol. The first kappa shape index (κ1) is 11.8. The summed E-state index contributed by atoms with van der Waals surface area (Å²) >= 11 is 0. The molecule has 1 aliphatic rings. The molecule has 1 saturated carbocycles. The van der Waals surface area contributed by atoms with Gasteiger partial charge in [-0.3, -0.25) is 4.79 Å². The Hall–Kier alpha value is -1.69. The second kappa shape index (κ2) is 3.96. The summed E-state index contributed by atoms with van der Waals surface area (Å²) in [6.45, 7) is 3.80. The van der Waals surface area contributed by atoms with Gasteiger partial charge in [-0.2, -0.15) is 5.26 Å². The van der Waals surface area contributed by atoms with Gasteiger partial charge in [-0.05, 0) is 30.0 Å². The number of carbonyl (C=O) groups is 1. The Labute approximate surface area is 100 Å². The second-order valence-electron chi connectivity index (χ2n) is 5.26. The van der Waals surface area contributed by atoms with E-state index in [1.165, 1.54) is 6.07 Å². The molecule has 0 unspecified atom stereocenters. The Bertz CT molecular complexity index is 513. The molecule has 1 aliphatic carbocycles. The van der Waals surface area contributed by atoms with E-state index in [0.717, 1.165) is 0 Å². The first-order chi connectivity index (χ1) is 7.94. The normalized spacial score (nSPS) is 22.5. The molecule has 0 radical (unpaired) electrons. The highest BCUT2D eigenvalue weighted by Crippen LogP contribution is 2.44. The second-order valence-corrected chi connectivity index (χ2v) is 5.26. The van der Waals surface area contributed by atoms with Crippen molar-refractivity contribution in [2.45, 2.75) is 32.6 Å². The Morgan fingerprint density at radius 1 is 1.47 bits per heavy atom. The fraction of sp³-hybridized carbons (Fsp3) is 0.429. The summed E-state index contributed by atoms with van der Waals surface area (Å²) in [4.78, 5) is 11.7. The van der Waals surface area contributed by atoms with Crippen LogP contribution in [-0.2, 0) is 4.79 Å². The van der Waals surface area contributed by atoms with E-state index in [1.54, 1.807) is 12.1 Å². The molecule has 0 N–H and O–H groups in total. The Balaban J connectivity index is 2.32. The molecule has 0 spiro atoms. The molecule has 88 valence electrons. The molecule has 0 bridgehead atoms. The fourth-order valence-corrected chi connectivity index (χ4v) is 2.45. The zero-order valence-corrected chi connectivity index (χ0v) is 9.96. The first-order valence-corrected chi connectivity index (χ1v) is 5.67. The molecule has 1 atom stereocenters. The minimum Gasteiger partial charge on any atom is -0.299 e. The average Bonchev–Trinajstić information content (AvgIpc) is 2.53. The molecule has 1 aromatic carbocycles. The number of hydrogen-bond acceptors (Lipinski definition) is 2. The summed E-state index contributed by atoms with van der Waals surface area (Å²) < 4.78 is 13.8. The predicted molar refractivity (Wildman–Crippen MR) is 61.9 cm³/mol. The number of Topliss-reactive ketones (excluding diaryl/α,β-unsaturated/α-hetero) is 1. The maximum atomic E-state index is 13.8. The van der Waals surface area contributed by atoms with Crippen LogP contribution in [-0.4, -0.2) is 5.78 Å². The summed E-state index contributed by atoms with van der Waals surface area (Å²) in [5.41, 5.74) is 0.517. The van der Waals surface area contributed by atoms with Crippen molar-refractivity contribution >= 4 is 5.78 Å². The highest BCUT2D eigenvalue weighted by molar-refractivity contribution is 5.87. The zero-order valence-electron chi connectivity index (χ0n) is 9.96. The predicted octanol–water partition coefficient (Wildman–Crippen LogP) is 3.17. The highest BCUT2D eigenvalue weighted by Gasteiger charge is 2.40. The van der Waals surface area contributed by atoms with E-state index >= 15 is 0 Å². The summed E-state index contributed by atoms with van der Waals surface area (Å²) in [6.07, 6.45) is 1.07. The molecule has 17 heavy (non-hydrogen) atoms. The number of rotatable bonds is 1. The van der Waals surface area contributed by atoms with Crippen LogP contribution >= 0.6 is 0 Å². The van der Waals surface area contributed by atoms with Gasteiger partial charge < -0.3 is 0 Å². The Kier molecular flexibility index (Phi) is 2.74. The van der Waals surface area contributed by atoms with Gasteiger partial charge in [0.25, 0.3) is 0 Å². The van der Waals surface area contributed by atoms with Crippen LogP contribution in [0.4, 0.5) is 4.39 Å². The molecule has 0 aliphatic heterocycles. The molecule has 2 rings (SSSR count). The van der Waals surface area contributed by atoms with Gasteiger partial charge in [0.05, 0.1) is 11.6 Å². The molecule has 0 heterocycles. The van der Waals surface area contributed by atoms with Crippen LogP contribution in [0.1, 0.15) is 43.7 Å². The van der Waals surface area contributed by atoms with Crippen LogP contribution in [0.3, 0.4) is 0 Å². The van der Waals surface area contributed by atoms with Gasteiger partial charge in [0, 0.05) is 11.8 Å². The van der Waals surface area contributed by atoms with Crippen molar-refractivity contribution in [2.24, 2.45) is 5.41 Å². The van der Waals surface area contributed by atoms with Crippen LogP contribution < -0.4 is 0 Å². The largest absolute Gasteiger partial charge is 0.299 e. The number of nitriles is 1. The van der Waals surface area contributed by atoms with Gasteiger partial charge in [0.15, 0.2) is 0 Å². The number of hydrogen-bond donors (Lipinski definition) is 0. The molecule has 1 fully saturated rings. The van der Waals surface area contributed by atoms with E-state index in [4.69, 9.17) is 5.26 Å². The number of carbonyl (C=O) groups excluding carboxylic acids is 1. The van der Waals surface area contributed by atoms with Crippen molar-refractivity contribution in [3.05, 3.63) is 35.1 Å². The molecule has 0 aromatic heterocycles. The summed E-state index contributed by atoms with van der Waals surface area (Å²) in [7, 11) is 0. The third-order valence-electron chi connectivity index (χ3n) is 3.51. The smallest absolute Gasteiger partial charge is 0.139 e. The molecule has 0 amide bonds. The van der Waals surface area contributed by atoms with Crippen molar-refractivity contribution < 1.29 is 9.18 Å². The number of ketones is 1. The number of benzene rings is 1. The lowest BCUT2D eigenvalue weighted by molar-refractivity contribution is -0.124. The molecule has 1 aromatic rings. The monoisotopic (exact) mass is 231 g/mol. The van der Waals surface area contributed by atoms with Gasteiger partial charge in [0.1, 0.15) is 11.6 Å². The van der Waals surface area contributed by atoms with E-state index in [0.29, 0.717) is 24.0 Å². The summed E-state index contributed by atoms with van der Waals surface area (Å²) in [6, 6.07) is 6.38. The maximum absolute atomic E-state index is 13.8. The van der Waals surface area contributed by atoms with Crippen LogP contribution in [0.5, 0.6) is 0 Å². The lowest BCUT2D eigenvalue weighted by atomic mass is 9.88. The summed E-state index contributed by atoms with van der Waals surface area (Å²) in [5, 5.41) is 8.67. The lowest BCUT2D eigenvalue weighted by Gasteiger charge is -2.16. The van der Waals surface area contributed by atoms with Gasteiger partial charge in [-0.25, -0.2) is 4.39 Å². The first-order valence-electron chi connectivity index (χ1n) is 5.67. The van der Waals surface area contributed by atoms with Crippen LogP contribution in [0.2, 0.25) is 0 Å². The van der Waals surface area contributed by atoms with E-state index < -0.39 is 0 Å². The number of halogens is 1. The van der Waals surface area contributed by atoms with Crippen LogP contribution in [0, 0.1) is 22.6 Å². The zero-order chi connectivity index (χ0) is 12.6. The van der Waals surface area contributed by atoms with Gasteiger partial charge in [0.2, 0.25) is 0 Å². The average molecular weight is 231 g/mol. The van der Waals surface area contributed by atoms with Gasteiger partial charge >= 0.3 is 0 Å². The quantitative estimate of drug-likeness (QED) is 0.744. The maximum Gasteiger partial charge on any atom is 0.139 e. The van der Waals surface area contributed by atoms with Gasteiger partial charge in [-0.15, -0.1) is 0 Å². The Morgan fingerprint density at radius 3 is 2.65 bits per heavy atom. The van der Waals surface area contributed by atoms with Gasteiger partial charge in [-0.1, -0.05) is 19.9 Å². The fourth-order valence-electron chi connectivity index (χ4n) is 2.45. The standard InChI is InChI=1S/C14H14FNO/c1-14(2)7-10(6-13(14)17)11-4-3-9(8-16)5-12(11)15/h3-5,10H,6-7H2,1-2H3/t10-/m1/s1. The molecule has 0 saturated heterocycles. The van der Waals surface area contributed by atoms with Crippen molar-refractivity contribution in [1.82, 2.24) is 0 Å². The van der Waals surface area contributed by atoms with Crippen LogP contribution in [0.15, 0.2) is 18.2 Å². The minimum absolute atomic E-state index is 0.0507. The topological polar surface area (TPSA) is 40.9 Å². The van der Waals surface area contributed by atoms with Crippen molar-refractivity contribution in [3.8, 4) is 6.07 Å². The highest BCUT2D eigenvalue weighted by atomic mass is 19.1. The van der Waals surface area contributed by atoms with E-state index in [2.05, 4.69) is 0 Å². The van der Waals surface area contributed by atoms with E-state index in [1.807, 2.05) is 19.9 Å². The van der Waals surface area contributed by atoms with E-state index in [-0.39, 0.29) is 22.9 Å². The minimum atomic E-state index is -0.375. The Morgan fingerprint density at radius 2 is 2.18 bits per heavy atom. The van der Waals surface area contributed by atoms with E-state index in [9.17, 15) is 9.18 Å². The van der Waals surface area contributed by atoms with Crippen LogP contribution in [0.25, 0.3) is 0 Å². The third-order valence-corrected chi connectivity index (χ3v) is 3.51. The van der Waals surface area contributed by atoms with Crippen molar-refractivity contribution in [1.29, 1.82) is 5.26 Å². The lowest BCUT2D eigenvalue weighted by Crippen LogP contribution is -2.15. The third kappa shape index (κ3) is 2.08. The number of nitrogens with zero attached hydrogens (tertiary/aromatic N) is 1. The molecular formula is C14H14FNO. The molecule has 3 heteroatoms. The SMILES string of the molecule is CC1(C)C[C@H](c2ccc(C#N)cc2F)CC1=O. The van der Waals surface area contributed by atoms with Crippen molar-refractivity contribution in [2.75, 3.05) is 0 Å². The van der Waals surface area contributed by atoms with Crippen molar-refractivity contribution in [3.63, 3.8) is 0 Å². The molecule has 2 nitrogen and oxygen atoms in total.